The zero-order chi connectivity index (χ0) is 15.2. The standard InChI is InChI=1S/C17H26N2O/c1-13(2)15-8-7-14(3)16(11-15)20-10-6-5-9-17(4,19)12-18/h7-8,11,13H,5-6,9-10,19H2,1-4H3. The molecule has 110 valence electrons. The molecule has 0 aliphatic heterocycles. The summed E-state index contributed by atoms with van der Waals surface area (Å²) in [5.41, 5.74) is 7.53. The van der Waals surface area contributed by atoms with E-state index in [1.165, 1.54) is 5.56 Å². The first-order valence-corrected chi connectivity index (χ1v) is 7.29. The molecule has 1 aromatic rings. The van der Waals surface area contributed by atoms with Crippen molar-refractivity contribution in [2.45, 2.75) is 58.4 Å². The number of nitriles is 1. The van der Waals surface area contributed by atoms with Crippen LogP contribution in [0.5, 0.6) is 5.75 Å². The number of hydrogen-bond donors (Lipinski definition) is 1. The molecule has 0 spiro atoms. The lowest BCUT2D eigenvalue weighted by atomic mass is 9.98. The molecule has 3 heteroatoms. The Labute approximate surface area is 122 Å². The zero-order valence-corrected chi connectivity index (χ0v) is 13.1. The van der Waals surface area contributed by atoms with Crippen LogP contribution in [0.3, 0.4) is 0 Å². The summed E-state index contributed by atoms with van der Waals surface area (Å²) < 4.78 is 5.85. The number of hydrogen-bond acceptors (Lipinski definition) is 3. The minimum absolute atomic E-state index is 0.506. The van der Waals surface area contributed by atoms with Gasteiger partial charge in [0, 0.05) is 0 Å². The maximum atomic E-state index is 8.84. The van der Waals surface area contributed by atoms with Crippen molar-refractivity contribution in [1.29, 1.82) is 5.26 Å². The molecule has 2 N–H and O–H groups in total. The summed E-state index contributed by atoms with van der Waals surface area (Å²) in [6, 6.07) is 8.50. The maximum Gasteiger partial charge on any atom is 0.122 e. The van der Waals surface area contributed by atoms with Crippen LogP contribution in [0.1, 0.15) is 57.1 Å². The molecule has 0 saturated carbocycles. The Kier molecular flexibility index (Phi) is 6.04. The number of nitrogens with two attached hydrogens (primary N) is 1. The van der Waals surface area contributed by atoms with Gasteiger partial charge in [-0.2, -0.15) is 5.26 Å². The van der Waals surface area contributed by atoms with Crippen LogP contribution in [0, 0.1) is 18.3 Å². The molecule has 0 aliphatic carbocycles. The molecular weight excluding hydrogens is 248 g/mol. The summed E-state index contributed by atoms with van der Waals surface area (Å²) >= 11 is 0. The van der Waals surface area contributed by atoms with E-state index in [0.29, 0.717) is 18.9 Å². The SMILES string of the molecule is Cc1ccc(C(C)C)cc1OCCCCC(C)(N)C#N. The first-order valence-electron chi connectivity index (χ1n) is 7.29. The second-order valence-corrected chi connectivity index (χ2v) is 6.01. The van der Waals surface area contributed by atoms with Gasteiger partial charge in [0.2, 0.25) is 0 Å². The molecule has 1 unspecified atom stereocenters. The topological polar surface area (TPSA) is 59.0 Å². The van der Waals surface area contributed by atoms with E-state index < -0.39 is 5.54 Å². The van der Waals surface area contributed by atoms with Crippen molar-refractivity contribution in [3.63, 3.8) is 0 Å². The summed E-state index contributed by atoms with van der Waals surface area (Å²) in [4.78, 5) is 0. The van der Waals surface area contributed by atoms with Crippen molar-refractivity contribution in [2.24, 2.45) is 5.73 Å². The molecule has 0 saturated heterocycles. The van der Waals surface area contributed by atoms with Crippen molar-refractivity contribution in [1.82, 2.24) is 0 Å². The van der Waals surface area contributed by atoms with Crippen molar-refractivity contribution >= 4 is 0 Å². The summed E-state index contributed by atoms with van der Waals surface area (Å²) in [6.07, 6.45) is 2.53. The van der Waals surface area contributed by atoms with Gasteiger partial charge < -0.3 is 10.5 Å². The summed E-state index contributed by atoms with van der Waals surface area (Å²) in [7, 11) is 0. The Hall–Kier alpha value is -1.53. The van der Waals surface area contributed by atoms with Crippen LogP contribution < -0.4 is 10.5 Å². The molecule has 0 amide bonds. The fourth-order valence-electron chi connectivity index (χ4n) is 1.96. The molecule has 3 nitrogen and oxygen atoms in total. The summed E-state index contributed by atoms with van der Waals surface area (Å²) in [5, 5.41) is 8.84. The Morgan fingerprint density at radius 2 is 2.05 bits per heavy atom. The van der Waals surface area contributed by atoms with Crippen molar-refractivity contribution in [2.75, 3.05) is 6.61 Å². The lowest BCUT2D eigenvalue weighted by molar-refractivity contribution is 0.298. The number of aryl methyl sites for hydroxylation is 1. The van der Waals surface area contributed by atoms with Gasteiger partial charge in [-0.05, 0) is 56.2 Å². The van der Waals surface area contributed by atoms with E-state index in [-0.39, 0.29) is 0 Å². The Bertz CT molecular complexity index is 472. The highest BCUT2D eigenvalue weighted by Crippen LogP contribution is 2.24. The van der Waals surface area contributed by atoms with Crippen molar-refractivity contribution in [3.8, 4) is 11.8 Å². The first-order chi connectivity index (χ1) is 9.35. The molecular formula is C17H26N2O. The van der Waals surface area contributed by atoms with Gasteiger partial charge in [0.25, 0.3) is 0 Å². The molecule has 0 bridgehead atoms. The largest absolute Gasteiger partial charge is 0.493 e. The van der Waals surface area contributed by atoms with Gasteiger partial charge in [0.05, 0.1) is 12.7 Å². The van der Waals surface area contributed by atoms with E-state index in [1.54, 1.807) is 6.92 Å². The van der Waals surface area contributed by atoms with Crippen LogP contribution in [-0.4, -0.2) is 12.1 Å². The maximum absolute atomic E-state index is 8.84. The monoisotopic (exact) mass is 274 g/mol. The normalized spacial score (nSPS) is 13.8. The summed E-state index contributed by atoms with van der Waals surface area (Å²) in [6.45, 7) is 8.86. The van der Waals surface area contributed by atoms with E-state index in [9.17, 15) is 0 Å². The number of unbranched alkanes of at least 4 members (excludes halogenated alkanes) is 1. The van der Waals surface area contributed by atoms with E-state index in [1.807, 2.05) is 0 Å². The minimum atomic E-state index is -0.715. The molecule has 1 atom stereocenters. The quantitative estimate of drug-likeness (QED) is 0.767. The van der Waals surface area contributed by atoms with E-state index in [2.05, 4.69) is 45.0 Å². The fraction of sp³-hybridized carbons (Fsp3) is 0.588. The highest BCUT2D eigenvalue weighted by atomic mass is 16.5. The number of benzene rings is 1. The average molecular weight is 274 g/mol. The van der Waals surface area contributed by atoms with Gasteiger partial charge in [-0.25, -0.2) is 0 Å². The number of nitrogens with zero attached hydrogens (tertiary/aromatic N) is 1. The van der Waals surface area contributed by atoms with Crippen LogP contribution >= 0.6 is 0 Å². The molecule has 0 radical (unpaired) electrons. The molecule has 20 heavy (non-hydrogen) atoms. The predicted molar refractivity (Wildman–Crippen MR) is 82.8 cm³/mol. The van der Waals surface area contributed by atoms with Crippen LogP contribution in [0.15, 0.2) is 18.2 Å². The summed E-state index contributed by atoms with van der Waals surface area (Å²) in [5.74, 6) is 1.47. The van der Waals surface area contributed by atoms with Gasteiger partial charge in [0.1, 0.15) is 11.3 Å². The van der Waals surface area contributed by atoms with Gasteiger partial charge in [-0.1, -0.05) is 26.0 Å². The predicted octanol–water partition coefficient (Wildman–Crippen LogP) is 3.91. The average Bonchev–Trinajstić information content (AvgIpc) is 2.40. The van der Waals surface area contributed by atoms with Gasteiger partial charge in [-0.15, -0.1) is 0 Å². The van der Waals surface area contributed by atoms with Gasteiger partial charge >= 0.3 is 0 Å². The second-order valence-electron chi connectivity index (χ2n) is 6.01. The van der Waals surface area contributed by atoms with Crippen molar-refractivity contribution in [3.05, 3.63) is 29.3 Å². The second kappa shape index (κ2) is 7.31. The minimum Gasteiger partial charge on any atom is -0.493 e. The Morgan fingerprint density at radius 1 is 1.35 bits per heavy atom. The zero-order valence-electron chi connectivity index (χ0n) is 13.1. The highest BCUT2D eigenvalue weighted by Gasteiger charge is 2.15. The fourth-order valence-corrected chi connectivity index (χ4v) is 1.96. The third-order valence-corrected chi connectivity index (χ3v) is 3.48. The molecule has 0 aromatic heterocycles. The molecule has 1 rings (SSSR count). The third-order valence-electron chi connectivity index (χ3n) is 3.48. The molecule has 0 fully saturated rings. The molecule has 1 aromatic carbocycles. The van der Waals surface area contributed by atoms with Crippen LogP contribution in [-0.2, 0) is 0 Å². The third kappa shape index (κ3) is 5.22. The van der Waals surface area contributed by atoms with E-state index in [4.69, 9.17) is 15.7 Å². The lowest BCUT2D eigenvalue weighted by Crippen LogP contribution is -2.33. The number of rotatable bonds is 7. The Morgan fingerprint density at radius 3 is 2.65 bits per heavy atom. The van der Waals surface area contributed by atoms with Gasteiger partial charge in [-0.3, -0.25) is 0 Å². The van der Waals surface area contributed by atoms with E-state index >= 15 is 0 Å². The van der Waals surface area contributed by atoms with E-state index in [0.717, 1.165) is 24.2 Å². The lowest BCUT2D eigenvalue weighted by Gasteiger charge is -2.15. The Balaban J connectivity index is 2.43. The molecule has 0 heterocycles. The van der Waals surface area contributed by atoms with Crippen LogP contribution in [0.4, 0.5) is 0 Å². The highest BCUT2D eigenvalue weighted by molar-refractivity contribution is 5.37. The van der Waals surface area contributed by atoms with Crippen LogP contribution in [0.2, 0.25) is 0 Å². The van der Waals surface area contributed by atoms with Crippen molar-refractivity contribution < 1.29 is 4.74 Å². The molecule has 0 aliphatic rings. The smallest absolute Gasteiger partial charge is 0.122 e. The number of ether oxygens (including phenoxy) is 1. The first kappa shape index (κ1) is 16.5. The van der Waals surface area contributed by atoms with Gasteiger partial charge in [0.15, 0.2) is 0 Å². The van der Waals surface area contributed by atoms with Crippen LogP contribution in [0.25, 0.3) is 0 Å².